The number of halogens is 1. The minimum absolute atomic E-state index is 0.221. The molecule has 0 saturated heterocycles. The van der Waals surface area contributed by atoms with Crippen LogP contribution in [0.4, 0.5) is 10.1 Å². The van der Waals surface area contributed by atoms with E-state index in [2.05, 4.69) is 0 Å². The van der Waals surface area contributed by atoms with Gasteiger partial charge in [0.05, 0.1) is 4.99 Å². The van der Waals surface area contributed by atoms with E-state index in [1.165, 1.54) is 12.1 Å². The fourth-order valence-corrected chi connectivity index (χ4v) is 1.48. The highest BCUT2D eigenvalue weighted by atomic mass is 32.1. The molecule has 0 bridgehead atoms. The maximum atomic E-state index is 13.0. The van der Waals surface area contributed by atoms with Crippen molar-refractivity contribution in [1.29, 1.82) is 0 Å². The maximum Gasteiger partial charge on any atom is 0.125 e. The molecule has 0 fully saturated rings. The van der Waals surface area contributed by atoms with E-state index in [0.29, 0.717) is 11.4 Å². The Bertz CT molecular complexity index is 341. The molecule has 2 nitrogen and oxygen atoms in total. The summed E-state index contributed by atoms with van der Waals surface area (Å²) in [7, 11) is 0. The average molecular weight is 226 g/mol. The van der Waals surface area contributed by atoms with Crippen molar-refractivity contribution >= 4 is 22.9 Å². The summed E-state index contributed by atoms with van der Waals surface area (Å²) in [4.78, 5) is 2.53. The third-order valence-corrected chi connectivity index (χ3v) is 2.39. The highest BCUT2D eigenvalue weighted by molar-refractivity contribution is 7.80. The van der Waals surface area contributed by atoms with Gasteiger partial charge in [-0.25, -0.2) is 4.39 Å². The van der Waals surface area contributed by atoms with Crippen molar-refractivity contribution in [2.45, 2.75) is 13.3 Å². The number of nitrogens with two attached hydrogens (primary N) is 1. The highest BCUT2D eigenvalue weighted by Crippen LogP contribution is 2.15. The Morgan fingerprint density at radius 2 is 2.27 bits per heavy atom. The number of nitrogens with zero attached hydrogens (tertiary/aromatic N) is 1. The molecule has 0 aliphatic carbocycles. The van der Waals surface area contributed by atoms with Gasteiger partial charge in [-0.1, -0.05) is 18.3 Å². The lowest BCUT2D eigenvalue weighted by Crippen LogP contribution is -2.27. The Labute approximate surface area is 94.9 Å². The van der Waals surface area contributed by atoms with E-state index in [-0.39, 0.29) is 5.82 Å². The molecule has 0 amide bonds. The average Bonchev–Trinajstić information content (AvgIpc) is 2.18. The highest BCUT2D eigenvalue weighted by Gasteiger charge is 2.05. The van der Waals surface area contributed by atoms with Gasteiger partial charge in [-0.3, -0.25) is 0 Å². The van der Waals surface area contributed by atoms with E-state index in [0.717, 1.165) is 18.8 Å². The van der Waals surface area contributed by atoms with Crippen LogP contribution in [0, 0.1) is 5.82 Å². The van der Waals surface area contributed by atoms with Crippen molar-refractivity contribution in [2.24, 2.45) is 5.73 Å². The predicted octanol–water partition coefficient (Wildman–Crippen LogP) is 2.33. The van der Waals surface area contributed by atoms with E-state index in [1.54, 1.807) is 6.07 Å². The van der Waals surface area contributed by atoms with Crippen LogP contribution in [0.2, 0.25) is 0 Å². The maximum absolute atomic E-state index is 13.0. The van der Waals surface area contributed by atoms with E-state index >= 15 is 0 Å². The Kier molecular flexibility index (Phi) is 4.49. The molecule has 2 N–H and O–H groups in total. The molecular weight excluding hydrogens is 211 g/mol. The molecule has 1 rings (SSSR count). The molecule has 0 saturated carbocycles. The van der Waals surface area contributed by atoms with Gasteiger partial charge in [0.1, 0.15) is 5.82 Å². The number of anilines is 1. The van der Waals surface area contributed by atoms with Crippen LogP contribution >= 0.6 is 12.2 Å². The lowest BCUT2D eigenvalue weighted by atomic mass is 10.2. The third-order valence-electron chi connectivity index (χ3n) is 2.18. The molecule has 0 heterocycles. The summed E-state index contributed by atoms with van der Waals surface area (Å²) in [5, 5.41) is 0. The quantitative estimate of drug-likeness (QED) is 0.781. The van der Waals surface area contributed by atoms with Crippen LogP contribution in [0.3, 0.4) is 0 Å². The summed E-state index contributed by atoms with van der Waals surface area (Å²) in [5.41, 5.74) is 6.30. The van der Waals surface area contributed by atoms with Crippen molar-refractivity contribution in [3.63, 3.8) is 0 Å². The summed E-state index contributed by atoms with van der Waals surface area (Å²) in [6.45, 7) is 3.56. The third kappa shape index (κ3) is 3.83. The van der Waals surface area contributed by atoms with E-state index < -0.39 is 0 Å². The van der Waals surface area contributed by atoms with Gasteiger partial charge in [-0.15, -0.1) is 0 Å². The van der Waals surface area contributed by atoms with Gasteiger partial charge in [0.2, 0.25) is 0 Å². The minimum atomic E-state index is -0.221. The zero-order valence-electron chi connectivity index (χ0n) is 8.74. The van der Waals surface area contributed by atoms with Crippen molar-refractivity contribution in [1.82, 2.24) is 0 Å². The van der Waals surface area contributed by atoms with Crippen molar-refractivity contribution in [3.8, 4) is 0 Å². The summed E-state index contributed by atoms with van der Waals surface area (Å²) in [5.74, 6) is -0.221. The second kappa shape index (κ2) is 5.66. The Hall–Kier alpha value is -1.16. The van der Waals surface area contributed by atoms with Crippen LogP contribution in [0.1, 0.15) is 13.3 Å². The molecule has 0 spiro atoms. The fraction of sp³-hybridized carbons (Fsp3) is 0.364. The van der Waals surface area contributed by atoms with Gasteiger partial charge in [0.25, 0.3) is 0 Å². The molecule has 0 unspecified atom stereocenters. The second-order valence-electron chi connectivity index (χ2n) is 3.28. The van der Waals surface area contributed by atoms with E-state index in [1.807, 2.05) is 17.9 Å². The zero-order chi connectivity index (χ0) is 11.3. The Balaban J connectivity index is 2.69. The van der Waals surface area contributed by atoms with Gasteiger partial charge in [-0.2, -0.15) is 0 Å². The van der Waals surface area contributed by atoms with E-state index in [4.69, 9.17) is 18.0 Å². The predicted molar refractivity (Wildman–Crippen MR) is 65.7 cm³/mol. The SMILES string of the molecule is CCN(CCC(N)=S)c1cccc(F)c1. The van der Waals surface area contributed by atoms with Crippen LogP contribution < -0.4 is 10.6 Å². The van der Waals surface area contributed by atoms with Crippen LogP contribution in [0.15, 0.2) is 24.3 Å². The molecular formula is C11H15FN2S. The smallest absolute Gasteiger partial charge is 0.125 e. The molecule has 0 aliphatic rings. The fourth-order valence-electron chi connectivity index (χ4n) is 1.39. The zero-order valence-corrected chi connectivity index (χ0v) is 9.56. The Morgan fingerprint density at radius 1 is 1.53 bits per heavy atom. The van der Waals surface area contributed by atoms with Crippen molar-refractivity contribution in [2.75, 3.05) is 18.0 Å². The summed E-state index contributed by atoms with van der Waals surface area (Å²) in [6.07, 6.45) is 0.652. The molecule has 82 valence electrons. The summed E-state index contributed by atoms with van der Waals surface area (Å²) in [6, 6.07) is 6.54. The second-order valence-corrected chi connectivity index (χ2v) is 3.80. The van der Waals surface area contributed by atoms with Gasteiger partial charge in [0.15, 0.2) is 0 Å². The first-order valence-corrected chi connectivity index (χ1v) is 5.33. The van der Waals surface area contributed by atoms with Gasteiger partial charge >= 0.3 is 0 Å². The Morgan fingerprint density at radius 3 is 2.80 bits per heavy atom. The first kappa shape index (κ1) is 11.9. The first-order chi connectivity index (χ1) is 7.13. The van der Waals surface area contributed by atoms with Crippen LogP contribution in [0.25, 0.3) is 0 Å². The summed E-state index contributed by atoms with van der Waals surface area (Å²) >= 11 is 4.81. The van der Waals surface area contributed by atoms with Gasteiger partial charge in [0, 0.05) is 25.2 Å². The monoisotopic (exact) mass is 226 g/mol. The van der Waals surface area contributed by atoms with Crippen molar-refractivity contribution < 1.29 is 4.39 Å². The van der Waals surface area contributed by atoms with Gasteiger partial charge in [-0.05, 0) is 25.1 Å². The number of rotatable bonds is 5. The molecule has 1 aromatic rings. The molecule has 0 aliphatic heterocycles. The summed E-state index contributed by atoms with van der Waals surface area (Å²) < 4.78 is 13.0. The lowest BCUT2D eigenvalue weighted by Gasteiger charge is -2.22. The van der Waals surface area contributed by atoms with Crippen LogP contribution in [0.5, 0.6) is 0 Å². The molecule has 1 aromatic carbocycles. The molecule has 4 heteroatoms. The van der Waals surface area contributed by atoms with Crippen LogP contribution in [-0.4, -0.2) is 18.1 Å². The first-order valence-electron chi connectivity index (χ1n) is 4.92. The molecule has 0 radical (unpaired) electrons. The molecule has 0 aromatic heterocycles. The normalized spacial score (nSPS) is 10.0. The standard InChI is InChI=1S/C11H15FN2S/c1-2-14(7-6-11(13)15)10-5-3-4-9(12)8-10/h3-5,8H,2,6-7H2,1H3,(H2,13,15). The number of thiocarbonyl (C=S) groups is 1. The number of benzene rings is 1. The van der Waals surface area contributed by atoms with Gasteiger partial charge < -0.3 is 10.6 Å². The van der Waals surface area contributed by atoms with E-state index in [9.17, 15) is 4.39 Å². The van der Waals surface area contributed by atoms with Crippen molar-refractivity contribution in [3.05, 3.63) is 30.1 Å². The topological polar surface area (TPSA) is 29.3 Å². The molecule has 0 atom stereocenters. The minimum Gasteiger partial charge on any atom is -0.393 e. The number of hydrogen-bond acceptors (Lipinski definition) is 2. The molecule has 15 heavy (non-hydrogen) atoms. The lowest BCUT2D eigenvalue weighted by molar-refractivity contribution is 0.626. The largest absolute Gasteiger partial charge is 0.393 e. The van der Waals surface area contributed by atoms with Crippen LogP contribution in [-0.2, 0) is 0 Å². The number of hydrogen-bond donors (Lipinski definition) is 1.